The van der Waals surface area contributed by atoms with Crippen LogP contribution in [0.1, 0.15) is 218 Å². The average Bonchev–Trinajstić information content (AvgIpc) is 3.67. The number of aromatic amines is 1. The van der Waals surface area contributed by atoms with Gasteiger partial charge in [-0.1, -0.05) is 186 Å². The van der Waals surface area contributed by atoms with Crippen molar-refractivity contribution in [1.82, 2.24) is 9.55 Å². The van der Waals surface area contributed by atoms with Crippen molar-refractivity contribution < 1.29 is 46.5 Å². The fourth-order valence-electron chi connectivity index (χ4n) is 7.98. The summed E-state index contributed by atoms with van der Waals surface area (Å²) in [6.45, 7) is 4.66. The van der Waals surface area contributed by atoms with E-state index >= 15 is 0 Å². The molecule has 20 heteroatoms. The molecule has 1 aromatic heterocycles. The molecular weight excluding hydrogens is 909 g/mol. The minimum absolute atomic E-state index is 0.0431. The Balaban J connectivity index is 1.80. The van der Waals surface area contributed by atoms with Crippen LogP contribution in [0.2, 0.25) is 0 Å². The highest BCUT2D eigenvalue weighted by molar-refractivity contribution is 7.99. The quantitative estimate of drug-likeness (QED) is 0.0138. The molecule has 382 valence electrons. The molecule has 0 aliphatic carbocycles. The van der Waals surface area contributed by atoms with Crippen LogP contribution in [0, 0.1) is 6.92 Å². The summed E-state index contributed by atoms with van der Waals surface area (Å²) in [5.74, 6) is 0.636. The summed E-state index contributed by atoms with van der Waals surface area (Å²) in [5, 5.41) is 3.63. The van der Waals surface area contributed by atoms with Gasteiger partial charge < -0.3 is 19.3 Å². The van der Waals surface area contributed by atoms with E-state index < -0.39 is 70.6 Å². The Morgan fingerprint density at radius 1 is 0.803 bits per heavy atom. The van der Waals surface area contributed by atoms with Crippen molar-refractivity contribution in [2.75, 3.05) is 24.7 Å². The van der Waals surface area contributed by atoms with Gasteiger partial charge in [0.05, 0.1) is 25.4 Å². The zero-order chi connectivity index (χ0) is 48.3. The predicted molar refractivity (Wildman–Crippen MR) is 263 cm³/mol. The Kier molecular flexibility index (Phi) is 33.7. The highest BCUT2D eigenvalue weighted by atomic mass is 32.2. The number of aryl methyl sites for hydroxylation is 1. The molecule has 3 N–H and O–H groups in total. The molecule has 2 heterocycles. The van der Waals surface area contributed by atoms with Crippen molar-refractivity contribution in [2.24, 2.45) is 5.11 Å². The molecule has 1 saturated heterocycles. The Morgan fingerprint density at radius 3 is 1.77 bits per heavy atom. The fraction of sp³-hybridized carbons (Fsp3) is 0.891. The third-order valence-electron chi connectivity index (χ3n) is 11.9. The van der Waals surface area contributed by atoms with E-state index in [4.69, 9.17) is 24.1 Å². The van der Waals surface area contributed by atoms with Crippen LogP contribution in [0.3, 0.4) is 0 Å². The van der Waals surface area contributed by atoms with Crippen LogP contribution >= 0.6 is 27.4 Å². The lowest BCUT2D eigenvalue weighted by Gasteiger charge is -2.22. The zero-order valence-corrected chi connectivity index (χ0v) is 43.1. The van der Waals surface area contributed by atoms with Gasteiger partial charge in [0.25, 0.3) is 5.56 Å². The number of nitrogens with zero attached hydrogens (tertiary/aromatic N) is 4. The number of esters is 1. The lowest BCUT2D eigenvalue weighted by atomic mass is 10.0. The monoisotopic (exact) mass is 994 g/mol. The molecule has 66 heavy (non-hydrogen) atoms. The average molecular weight is 994 g/mol. The second kappa shape index (κ2) is 36.9. The maximum atomic E-state index is 12.9. The first-order valence-electron chi connectivity index (χ1n) is 25.3. The van der Waals surface area contributed by atoms with E-state index in [1.807, 2.05) is 0 Å². The number of carbonyl (C=O) groups excluding carboxylic acids is 1. The van der Waals surface area contributed by atoms with Gasteiger partial charge in [-0.2, -0.15) is 16.1 Å². The lowest BCUT2D eigenvalue weighted by molar-refractivity contribution is -0.149. The molecule has 0 spiro atoms. The number of thioether (sulfide) groups is 1. The predicted octanol–water partition coefficient (Wildman–Crippen LogP) is 13.1. The maximum Gasteiger partial charge on any atom is 0.481 e. The van der Waals surface area contributed by atoms with Crippen molar-refractivity contribution in [1.29, 1.82) is 0 Å². The second-order valence-corrected chi connectivity index (χ2v) is 22.0. The minimum Gasteiger partial charge on any atom is -0.459 e. The van der Waals surface area contributed by atoms with E-state index in [1.54, 1.807) is 11.8 Å². The maximum absolute atomic E-state index is 12.9. The van der Waals surface area contributed by atoms with Gasteiger partial charge in [0.2, 0.25) is 0 Å². The van der Waals surface area contributed by atoms with Crippen LogP contribution in [0.15, 0.2) is 20.9 Å². The van der Waals surface area contributed by atoms with Gasteiger partial charge in [-0.3, -0.25) is 28.2 Å². The number of unbranched alkanes of at least 4 members (excludes halogenated alkanes) is 26. The second-order valence-electron chi connectivity index (χ2n) is 17.9. The van der Waals surface area contributed by atoms with E-state index in [2.05, 4.69) is 33.2 Å². The van der Waals surface area contributed by atoms with Gasteiger partial charge >= 0.3 is 27.3 Å². The van der Waals surface area contributed by atoms with E-state index in [-0.39, 0.29) is 24.2 Å². The molecule has 0 saturated carbocycles. The first-order chi connectivity index (χ1) is 31.8. The highest BCUT2D eigenvalue weighted by Gasteiger charge is 2.41. The number of H-pyrrole nitrogens is 1. The van der Waals surface area contributed by atoms with Gasteiger partial charge in [0.1, 0.15) is 12.3 Å². The molecule has 0 aromatic carbocycles. The number of hydrogen-bond donors (Lipinski definition) is 3. The van der Waals surface area contributed by atoms with Crippen molar-refractivity contribution in [3.05, 3.63) is 43.0 Å². The summed E-state index contributed by atoms with van der Waals surface area (Å²) in [7, 11) is -10.5. The van der Waals surface area contributed by atoms with Gasteiger partial charge in [-0.15, -0.1) is 0 Å². The van der Waals surface area contributed by atoms with Crippen molar-refractivity contribution >= 4 is 33.4 Å². The SMILES string of the molecule is CCCCCCCCCCCCCCCCCCSC[C@@H](COP(=O)(O)OP(=O)(O)OC[C@H]1O[C@@H](n2cc(C)c(=O)[nH]c2=O)C[C@@H]1N=[N+]=[N-])OC(=O)CCCCCCCCCCCCCC. The molecule has 1 aromatic rings. The van der Waals surface area contributed by atoms with E-state index in [1.165, 1.54) is 148 Å². The van der Waals surface area contributed by atoms with Gasteiger partial charge in [-0.25, -0.2) is 13.9 Å². The molecule has 2 rings (SSSR count). The number of ether oxygens (including phenoxy) is 2. The number of hydrogen-bond acceptors (Lipinski definition) is 12. The minimum atomic E-state index is -5.29. The molecule has 1 aliphatic rings. The van der Waals surface area contributed by atoms with E-state index in [0.717, 1.165) is 48.8 Å². The third-order valence-corrected chi connectivity index (χ3v) is 15.7. The Hall–Kier alpha value is -1.97. The Bertz CT molecular complexity index is 1710. The summed E-state index contributed by atoms with van der Waals surface area (Å²) in [6, 6.07) is -0.974. The summed E-state index contributed by atoms with van der Waals surface area (Å²) in [5.41, 5.74) is 7.93. The molecular formula is C46H85N5O12P2S. The summed E-state index contributed by atoms with van der Waals surface area (Å²) >= 11 is 1.54. The third kappa shape index (κ3) is 29.1. The van der Waals surface area contributed by atoms with Crippen molar-refractivity contribution in [3.8, 4) is 0 Å². The molecule has 6 atom stereocenters. The molecule has 1 aliphatic heterocycles. The zero-order valence-electron chi connectivity index (χ0n) is 40.5. The van der Waals surface area contributed by atoms with Crippen molar-refractivity contribution in [3.63, 3.8) is 0 Å². The number of nitrogens with one attached hydrogen (secondary N) is 1. The number of carbonyl (C=O) groups is 1. The van der Waals surface area contributed by atoms with Crippen LogP contribution < -0.4 is 11.2 Å². The molecule has 0 bridgehead atoms. The summed E-state index contributed by atoms with van der Waals surface area (Å²) < 4.78 is 53.0. The van der Waals surface area contributed by atoms with Gasteiger partial charge in [0, 0.05) is 35.3 Å². The molecule has 0 amide bonds. The Labute approximate surface area is 398 Å². The standard InChI is InChI=1S/C46H85N5O12P2S/c1-4-6-8-10-12-14-16-18-19-20-21-23-25-27-29-31-33-66-38-40(61-44(52)32-30-28-26-24-22-17-15-13-11-9-7-5-2)36-59-64(55,56)63-65(57,58)60-37-42-41(49-50-47)34-43(62-42)51-35-39(3)45(53)48-46(51)54/h35,40-43H,4-34,36-38H2,1-3H3,(H,55,56)(H,57,58)(H,48,53,54)/t40-,41+,42-,43-/m1/s1. The normalized spacial score (nSPS) is 18.4. The molecule has 2 unspecified atom stereocenters. The van der Waals surface area contributed by atoms with Gasteiger partial charge in [-0.05, 0) is 31.0 Å². The van der Waals surface area contributed by atoms with Crippen molar-refractivity contribution in [2.45, 2.75) is 238 Å². The number of azide groups is 1. The Morgan fingerprint density at radius 2 is 1.27 bits per heavy atom. The largest absolute Gasteiger partial charge is 0.481 e. The van der Waals surface area contributed by atoms with Crippen LogP contribution in [0.5, 0.6) is 0 Å². The first-order valence-corrected chi connectivity index (χ1v) is 29.4. The van der Waals surface area contributed by atoms with Crippen LogP contribution in [0.4, 0.5) is 0 Å². The van der Waals surface area contributed by atoms with Crippen LogP contribution in [0.25, 0.3) is 10.4 Å². The van der Waals surface area contributed by atoms with E-state index in [9.17, 15) is 33.3 Å². The van der Waals surface area contributed by atoms with Crippen LogP contribution in [-0.4, -0.2) is 68.3 Å². The topological polar surface area (TPSA) is 241 Å². The lowest BCUT2D eigenvalue weighted by Crippen LogP contribution is -2.33. The fourth-order valence-corrected chi connectivity index (χ4v) is 11.1. The van der Waals surface area contributed by atoms with Gasteiger partial charge in [0.15, 0.2) is 0 Å². The number of phosphoric acid groups is 2. The first kappa shape index (κ1) is 60.2. The molecule has 0 radical (unpaired) electrons. The number of rotatable bonds is 43. The highest BCUT2D eigenvalue weighted by Crippen LogP contribution is 2.60. The summed E-state index contributed by atoms with van der Waals surface area (Å²) in [4.78, 5) is 62.9. The smallest absolute Gasteiger partial charge is 0.459 e. The molecule has 17 nitrogen and oxygen atoms in total. The van der Waals surface area contributed by atoms with Crippen LogP contribution in [-0.2, 0) is 36.8 Å². The van der Waals surface area contributed by atoms with E-state index in [0.29, 0.717) is 6.42 Å². The number of aromatic nitrogens is 2. The molecule has 1 fully saturated rings. The number of phosphoric ester groups is 2. The summed E-state index contributed by atoms with van der Waals surface area (Å²) in [6.07, 6.45) is 32.7.